The van der Waals surface area contributed by atoms with E-state index in [0.717, 1.165) is 65.3 Å². The number of hydrogen-bond acceptors (Lipinski definition) is 8. The first-order chi connectivity index (χ1) is 15.8. The van der Waals surface area contributed by atoms with Crippen LogP contribution in [0.1, 0.15) is 36.8 Å². The first kappa shape index (κ1) is 22.9. The Morgan fingerprint density at radius 1 is 1.27 bits per heavy atom. The van der Waals surface area contributed by atoms with Crippen molar-refractivity contribution >= 4 is 34.8 Å². The number of halogens is 1. The first-order valence-corrected chi connectivity index (χ1v) is 12.4. The lowest BCUT2D eigenvalue weighted by Gasteiger charge is -2.42. The van der Waals surface area contributed by atoms with Crippen LogP contribution < -0.4 is 10.6 Å². The quantitative estimate of drug-likeness (QED) is 0.576. The molecule has 3 aromatic heterocycles. The van der Waals surface area contributed by atoms with E-state index in [1.54, 1.807) is 0 Å². The van der Waals surface area contributed by atoms with E-state index in [0.29, 0.717) is 10.7 Å². The van der Waals surface area contributed by atoms with E-state index in [4.69, 9.17) is 32.0 Å². The van der Waals surface area contributed by atoms with Crippen LogP contribution in [-0.2, 0) is 11.3 Å². The molecule has 5 rings (SSSR count). The lowest BCUT2D eigenvalue weighted by atomic mass is 9.73. The number of nitrogens with two attached hydrogens (primary N) is 1. The van der Waals surface area contributed by atoms with E-state index in [-0.39, 0.29) is 24.2 Å². The normalized spacial score (nSPS) is 22.5. The molecule has 2 fully saturated rings. The van der Waals surface area contributed by atoms with Crippen LogP contribution in [0.15, 0.2) is 28.4 Å². The molecule has 2 aliphatic heterocycles. The van der Waals surface area contributed by atoms with Gasteiger partial charge in [-0.1, -0.05) is 23.4 Å². The van der Waals surface area contributed by atoms with Gasteiger partial charge in [0.2, 0.25) is 0 Å². The number of aliphatic hydroxyl groups excluding tert-OH is 1. The number of imidazole rings is 1. The molecule has 0 aliphatic carbocycles. The van der Waals surface area contributed by atoms with Crippen molar-refractivity contribution in [1.29, 1.82) is 0 Å². The summed E-state index contributed by atoms with van der Waals surface area (Å²) < 4.78 is 7.75. The van der Waals surface area contributed by atoms with Crippen LogP contribution in [0.4, 0.5) is 5.82 Å². The molecule has 0 unspecified atom stereocenters. The number of ether oxygens (including phenoxy) is 1. The van der Waals surface area contributed by atoms with Crippen molar-refractivity contribution in [3.8, 4) is 0 Å². The summed E-state index contributed by atoms with van der Waals surface area (Å²) in [5, 5.41) is 11.4. The van der Waals surface area contributed by atoms with Crippen LogP contribution in [0.3, 0.4) is 0 Å². The van der Waals surface area contributed by atoms with Gasteiger partial charge < -0.3 is 24.9 Å². The molecule has 5 heterocycles. The minimum Gasteiger partial charge on any atom is -0.390 e. The number of aliphatic hydroxyl groups is 1. The van der Waals surface area contributed by atoms with Gasteiger partial charge in [-0.05, 0) is 39.7 Å². The number of rotatable bonds is 4. The largest absolute Gasteiger partial charge is 0.390 e. The minimum absolute atomic E-state index is 0.0359. The molecule has 3 N–H and O–H groups in total. The summed E-state index contributed by atoms with van der Waals surface area (Å²) in [6, 6.07) is 2.01. The van der Waals surface area contributed by atoms with Crippen molar-refractivity contribution in [2.24, 2.45) is 11.1 Å². The Labute approximate surface area is 202 Å². The third kappa shape index (κ3) is 4.00. The van der Waals surface area contributed by atoms with Gasteiger partial charge in [0, 0.05) is 41.8 Å². The lowest BCUT2D eigenvalue weighted by Crippen LogP contribution is -2.51. The van der Waals surface area contributed by atoms with Crippen molar-refractivity contribution in [3.05, 3.63) is 40.6 Å². The standard InChI is InChI=1S/C23H29ClN6O2S/c1-13-10-30-7-4-17(18(24)21(30)26-13)33-22-14(2)27-20(16(11-31)28-22)29-8-5-23(6-9-29)12-32-15(3)19(23)25/h4,7,10,15,19,31H,5-6,8-9,11-12,25H2,1-3H3/t15-,19+/m0/s1. The second-order valence-corrected chi connectivity index (χ2v) is 10.6. The topological polar surface area (TPSA) is 102 Å². The van der Waals surface area contributed by atoms with Crippen LogP contribution in [0.25, 0.3) is 5.65 Å². The Balaban J connectivity index is 1.39. The van der Waals surface area contributed by atoms with Gasteiger partial charge in [0.1, 0.15) is 10.7 Å². The van der Waals surface area contributed by atoms with Crippen molar-refractivity contribution in [2.45, 2.75) is 62.3 Å². The zero-order valence-electron chi connectivity index (χ0n) is 19.1. The number of piperidine rings is 1. The number of anilines is 1. The van der Waals surface area contributed by atoms with Crippen LogP contribution in [0.5, 0.6) is 0 Å². The van der Waals surface area contributed by atoms with E-state index in [9.17, 15) is 5.11 Å². The molecule has 33 heavy (non-hydrogen) atoms. The van der Waals surface area contributed by atoms with Crippen molar-refractivity contribution < 1.29 is 9.84 Å². The molecule has 10 heteroatoms. The number of fused-ring (bicyclic) bond motifs is 1. The molecule has 1 spiro atoms. The van der Waals surface area contributed by atoms with Gasteiger partial charge in [-0.3, -0.25) is 0 Å². The van der Waals surface area contributed by atoms with E-state index < -0.39 is 0 Å². The maximum absolute atomic E-state index is 10.1. The van der Waals surface area contributed by atoms with Crippen LogP contribution >= 0.6 is 23.4 Å². The third-order valence-electron chi connectivity index (χ3n) is 6.99. The molecular formula is C23H29ClN6O2S. The number of aryl methyl sites for hydroxylation is 2. The maximum Gasteiger partial charge on any atom is 0.156 e. The van der Waals surface area contributed by atoms with Crippen molar-refractivity contribution in [1.82, 2.24) is 19.4 Å². The summed E-state index contributed by atoms with van der Waals surface area (Å²) >= 11 is 8.08. The average molecular weight is 489 g/mol. The maximum atomic E-state index is 10.1. The number of aromatic nitrogens is 4. The summed E-state index contributed by atoms with van der Waals surface area (Å²) in [6.45, 7) is 8.12. The zero-order valence-corrected chi connectivity index (χ0v) is 20.7. The molecule has 0 amide bonds. The molecule has 0 bridgehead atoms. The summed E-state index contributed by atoms with van der Waals surface area (Å²) in [5.74, 6) is 0.750. The summed E-state index contributed by atoms with van der Waals surface area (Å²) in [7, 11) is 0. The predicted octanol–water partition coefficient (Wildman–Crippen LogP) is 3.37. The Morgan fingerprint density at radius 2 is 2.03 bits per heavy atom. The van der Waals surface area contributed by atoms with Crippen LogP contribution in [0, 0.1) is 19.3 Å². The number of hydrogen-bond donors (Lipinski definition) is 2. The van der Waals surface area contributed by atoms with E-state index in [2.05, 4.69) is 16.8 Å². The molecule has 2 saturated heterocycles. The molecule has 8 nitrogen and oxygen atoms in total. The predicted molar refractivity (Wildman–Crippen MR) is 129 cm³/mol. The molecule has 176 valence electrons. The highest BCUT2D eigenvalue weighted by Crippen LogP contribution is 2.42. The molecular weight excluding hydrogens is 460 g/mol. The molecule has 2 atom stereocenters. The monoisotopic (exact) mass is 488 g/mol. The molecule has 2 aliphatic rings. The number of nitrogens with zero attached hydrogens (tertiary/aromatic N) is 5. The summed E-state index contributed by atoms with van der Waals surface area (Å²) in [6.07, 6.45) is 5.86. The molecule has 0 aromatic carbocycles. The lowest BCUT2D eigenvalue weighted by molar-refractivity contribution is 0.0973. The summed E-state index contributed by atoms with van der Waals surface area (Å²) in [5.41, 5.74) is 9.50. The Morgan fingerprint density at radius 3 is 2.70 bits per heavy atom. The van der Waals surface area contributed by atoms with Gasteiger partial charge in [-0.2, -0.15) is 0 Å². The summed E-state index contributed by atoms with van der Waals surface area (Å²) in [4.78, 5) is 17.2. The smallest absolute Gasteiger partial charge is 0.156 e. The SMILES string of the molecule is Cc1cn2ccc(Sc3nc(CO)c(N4CCC5(CC4)CO[C@@H](C)[C@H]5N)nc3C)c(Cl)c2n1. The first-order valence-electron chi connectivity index (χ1n) is 11.2. The molecule has 3 aromatic rings. The van der Waals surface area contributed by atoms with Crippen LogP contribution in [0.2, 0.25) is 5.02 Å². The van der Waals surface area contributed by atoms with E-state index in [1.165, 1.54) is 11.8 Å². The fourth-order valence-corrected chi connectivity index (χ4v) is 6.11. The Hall–Kier alpha value is -1.91. The third-order valence-corrected chi connectivity index (χ3v) is 8.62. The average Bonchev–Trinajstić information content (AvgIpc) is 3.32. The molecule has 0 saturated carbocycles. The highest BCUT2D eigenvalue weighted by molar-refractivity contribution is 7.99. The highest BCUT2D eigenvalue weighted by Gasteiger charge is 2.47. The molecule has 0 radical (unpaired) electrons. The fourth-order valence-electron chi connectivity index (χ4n) is 4.92. The van der Waals surface area contributed by atoms with Gasteiger partial charge in [0.15, 0.2) is 11.5 Å². The van der Waals surface area contributed by atoms with E-state index >= 15 is 0 Å². The van der Waals surface area contributed by atoms with Gasteiger partial charge in [-0.25, -0.2) is 15.0 Å². The minimum atomic E-state index is -0.177. The Kier molecular flexibility index (Phi) is 6.03. The van der Waals surface area contributed by atoms with Gasteiger partial charge in [0.05, 0.1) is 35.7 Å². The second-order valence-electron chi connectivity index (χ2n) is 9.14. The number of pyridine rings is 1. The second kappa shape index (κ2) is 8.70. The van der Waals surface area contributed by atoms with Gasteiger partial charge in [-0.15, -0.1) is 0 Å². The van der Waals surface area contributed by atoms with Gasteiger partial charge >= 0.3 is 0 Å². The highest BCUT2D eigenvalue weighted by atomic mass is 35.5. The Bertz CT molecular complexity index is 1190. The van der Waals surface area contributed by atoms with Crippen molar-refractivity contribution in [2.75, 3.05) is 24.6 Å². The van der Waals surface area contributed by atoms with Gasteiger partial charge in [0.25, 0.3) is 0 Å². The van der Waals surface area contributed by atoms with E-state index in [1.807, 2.05) is 36.7 Å². The zero-order chi connectivity index (χ0) is 23.3. The van der Waals surface area contributed by atoms with Crippen LogP contribution in [-0.4, -0.2) is 56.3 Å². The fraction of sp³-hybridized carbons (Fsp3) is 0.522. The van der Waals surface area contributed by atoms with Crippen molar-refractivity contribution in [3.63, 3.8) is 0 Å².